The fourth-order valence-corrected chi connectivity index (χ4v) is 4.32. The summed E-state index contributed by atoms with van der Waals surface area (Å²) in [4.78, 5) is 40.6. The third-order valence-electron chi connectivity index (χ3n) is 6.68. The van der Waals surface area contributed by atoms with E-state index in [9.17, 15) is 18.8 Å². The van der Waals surface area contributed by atoms with Crippen molar-refractivity contribution >= 4 is 17.7 Å². The van der Waals surface area contributed by atoms with E-state index in [0.717, 1.165) is 18.4 Å². The third-order valence-corrected chi connectivity index (χ3v) is 6.68. The molecule has 1 aliphatic heterocycles. The van der Waals surface area contributed by atoms with Crippen LogP contribution in [0.1, 0.15) is 52.0 Å². The van der Waals surface area contributed by atoms with Gasteiger partial charge in [-0.2, -0.15) is 0 Å². The molecule has 8 nitrogen and oxygen atoms in total. The fourth-order valence-electron chi connectivity index (χ4n) is 4.32. The molecule has 0 unspecified atom stereocenters. The Kier molecular flexibility index (Phi) is 9.48. The number of aryl methyl sites for hydroxylation is 1. The molecule has 3 atom stereocenters. The smallest absolute Gasteiger partial charge is 0.243 e. The maximum atomic E-state index is 13.9. The molecule has 3 rings (SSSR count). The zero-order valence-electron chi connectivity index (χ0n) is 21.2. The van der Waals surface area contributed by atoms with Crippen LogP contribution in [0.4, 0.5) is 4.39 Å². The summed E-state index contributed by atoms with van der Waals surface area (Å²) in [5, 5.41) is 9.05. The Bertz CT molecular complexity index is 905. The predicted molar refractivity (Wildman–Crippen MR) is 131 cm³/mol. The Morgan fingerprint density at radius 2 is 1.89 bits per heavy atom. The molecule has 2 aliphatic rings. The van der Waals surface area contributed by atoms with Gasteiger partial charge in [0.05, 0.1) is 6.04 Å². The van der Waals surface area contributed by atoms with Crippen LogP contribution in [0.2, 0.25) is 0 Å². The minimum atomic E-state index is -0.724. The predicted octanol–water partition coefficient (Wildman–Crippen LogP) is 2.01. The molecule has 1 aromatic carbocycles. The SMILES string of the molecule is CC(C)C[C@H]1NC(=O)[C@@H](C)N(C)C(=O)[C@H](C2CC2)NCCOc2cc(F)ccc2CCCNC1=O. The maximum absolute atomic E-state index is 13.9. The lowest BCUT2D eigenvalue weighted by Crippen LogP contribution is -2.56. The van der Waals surface area contributed by atoms with E-state index in [1.54, 1.807) is 20.0 Å². The van der Waals surface area contributed by atoms with Crippen molar-refractivity contribution in [3.8, 4) is 5.75 Å². The first-order valence-electron chi connectivity index (χ1n) is 12.7. The standard InChI is InChI=1S/C26H39FN4O4/c1-16(2)14-21-25(33)29-11-5-6-18-9-10-20(27)15-22(18)35-13-12-28-23(19-7-8-19)26(34)31(4)17(3)24(32)30-21/h9-10,15-17,19,21,23,28H,5-8,11-14H2,1-4H3,(H,29,33)(H,30,32)/t17-,21-,23+/m1/s1. The van der Waals surface area contributed by atoms with Crippen LogP contribution in [0, 0.1) is 17.7 Å². The van der Waals surface area contributed by atoms with Crippen LogP contribution in [0.3, 0.4) is 0 Å². The Morgan fingerprint density at radius 3 is 2.57 bits per heavy atom. The van der Waals surface area contributed by atoms with Gasteiger partial charge in [0.15, 0.2) is 0 Å². The number of carbonyl (C=O) groups excluding carboxylic acids is 3. The van der Waals surface area contributed by atoms with E-state index in [-0.39, 0.29) is 42.0 Å². The van der Waals surface area contributed by atoms with E-state index in [2.05, 4.69) is 16.0 Å². The number of halogens is 1. The van der Waals surface area contributed by atoms with Gasteiger partial charge in [-0.25, -0.2) is 4.39 Å². The average Bonchev–Trinajstić information content (AvgIpc) is 3.65. The summed E-state index contributed by atoms with van der Waals surface area (Å²) >= 11 is 0. The number of nitrogens with one attached hydrogen (secondary N) is 3. The summed E-state index contributed by atoms with van der Waals surface area (Å²) in [6, 6.07) is 2.65. The van der Waals surface area contributed by atoms with Gasteiger partial charge in [0.2, 0.25) is 17.7 Å². The van der Waals surface area contributed by atoms with Gasteiger partial charge in [-0.15, -0.1) is 0 Å². The number of nitrogens with zero attached hydrogens (tertiary/aromatic N) is 1. The highest BCUT2D eigenvalue weighted by Crippen LogP contribution is 2.33. The van der Waals surface area contributed by atoms with Crippen molar-refractivity contribution in [1.29, 1.82) is 0 Å². The number of fused-ring (bicyclic) bond motifs is 1. The molecular weight excluding hydrogens is 451 g/mol. The van der Waals surface area contributed by atoms with E-state index >= 15 is 0 Å². The van der Waals surface area contributed by atoms with E-state index in [1.807, 2.05) is 13.8 Å². The summed E-state index contributed by atoms with van der Waals surface area (Å²) in [7, 11) is 1.62. The molecule has 1 saturated carbocycles. The first-order valence-corrected chi connectivity index (χ1v) is 12.7. The van der Waals surface area contributed by atoms with Crippen LogP contribution in [0.5, 0.6) is 5.75 Å². The maximum Gasteiger partial charge on any atom is 0.243 e. The lowest BCUT2D eigenvalue weighted by Gasteiger charge is -2.30. The molecule has 0 bridgehead atoms. The highest BCUT2D eigenvalue weighted by atomic mass is 19.1. The van der Waals surface area contributed by atoms with E-state index in [1.165, 1.54) is 17.0 Å². The van der Waals surface area contributed by atoms with Gasteiger partial charge in [0.25, 0.3) is 0 Å². The second kappa shape index (κ2) is 12.3. The Hall–Kier alpha value is -2.68. The summed E-state index contributed by atoms with van der Waals surface area (Å²) in [5.41, 5.74) is 0.858. The second-order valence-electron chi connectivity index (χ2n) is 10.1. The third kappa shape index (κ3) is 7.65. The molecule has 1 aliphatic carbocycles. The highest BCUT2D eigenvalue weighted by Gasteiger charge is 2.39. The second-order valence-corrected chi connectivity index (χ2v) is 10.1. The zero-order valence-corrected chi connectivity index (χ0v) is 21.2. The molecule has 9 heteroatoms. The lowest BCUT2D eigenvalue weighted by atomic mass is 10.0. The Labute approximate surface area is 207 Å². The largest absolute Gasteiger partial charge is 0.492 e. The van der Waals surface area contributed by atoms with Crippen molar-refractivity contribution in [3.63, 3.8) is 0 Å². The van der Waals surface area contributed by atoms with Crippen molar-refractivity contribution in [2.45, 2.75) is 71.0 Å². The molecule has 194 valence electrons. The van der Waals surface area contributed by atoms with Crippen LogP contribution in [0.25, 0.3) is 0 Å². The average molecular weight is 491 g/mol. The molecule has 3 amide bonds. The van der Waals surface area contributed by atoms with Gasteiger partial charge in [-0.05, 0) is 62.5 Å². The van der Waals surface area contributed by atoms with Crippen molar-refractivity contribution in [2.75, 3.05) is 26.7 Å². The molecule has 0 spiro atoms. The minimum Gasteiger partial charge on any atom is -0.492 e. The number of amides is 3. The Morgan fingerprint density at radius 1 is 1.14 bits per heavy atom. The van der Waals surface area contributed by atoms with Crippen LogP contribution in [-0.4, -0.2) is 67.5 Å². The van der Waals surface area contributed by atoms with Crippen molar-refractivity contribution in [3.05, 3.63) is 29.6 Å². The van der Waals surface area contributed by atoms with Gasteiger partial charge in [0.1, 0.15) is 30.3 Å². The number of ether oxygens (including phenoxy) is 1. The van der Waals surface area contributed by atoms with Crippen LogP contribution < -0.4 is 20.7 Å². The molecule has 35 heavy (non-hydrogen) atoms. The van der Waals surface area contributed by atoms with Crippen molar-refractivity contribution in [1.82, 2.24) is 20.9 Å². The minimum absolute atomic E-state index is 0.160. The van der Waals surface area contributed by atoms with Crippen molar-refractivity contribution < 1.29 is 23.5 Å². The molecule has 0 saturated heterocycles. The van der Waals surface area contributed by atoms with E-state index in [0.29, 0.717) is 38.1 Å². The molecule has 3 N–H and O–H groups in total. The van der Waals surface area contributed by atoms with Gasteiger partial charge < -0.3 is 25.6 Å². The molecular formula is C26H39FN4O4. The number of benzene rings is 1. The molecule has 1 heterocycles. The van der Waals surface area contributed by atoms with Crippen LogP contribution >= 0.6 is 0 Å². The normalized spacial score (nSPS) is 25.7. The number of rotatable bonds is 3. The van der Waals surface area contributed by atoms with Crippen LogP contribution in [0.15, 0.2) is 18.2 Å². The number of hydrogen-bond donors (Lipinski definition) is 3. The molecule has 0 aromatic heterocycles. The first kappa shape index (κ1) is 26.9. The lowest BCUT2D eigenvalue weighted by molar-refractivity contribution is -0.141. The first-order chi connectivity index (χ1) is 16.7. The van der Waals surface area contributed by atoms with E-state index < -0.39 is 18.1 Å². The quantitative estimate of drug-likeness (QED) is 0.602. The fraction of sp³-hybridized carbons (Fsp3) is 0.654. The summed E-state index contributed by atoms with van der Waals surface area (Å²) in [6.45, 7) is 6.77. The summed E-state index contributed by atoms with van der Waals surface area (Å²) in [5.74, 6) is -0.243. The van der Waals surface area contributed by atoms with Crippen molar-refractivity contribution in [2.24, 2.45) is 11.8 Å². The zero-order chi connectivity index (χ0) is 25.5. The van der Waals surface area contributed by atoms with Gasteiger partial charge in [0, 0.05) is 26.2 Å². The number of carbonyl (C=O) groups is 3. The van der Waals surface area contributed by atoms with E-state index in [4.69, 9.17) is 4.74 Å². The molecule has 1 fully saturated rings. The summed E-state index contributed by atoms with van der Waals surface area (Å²) in [6.07, 6.45) is 3.64. The van der Waals surface area contributed by atoms with Gasteiger partial charge in [-0.3, -0.25) is 14.4 Å². The summed E-state index contributed by atoms with van der Waals surface area (Å²) < 4.78 is 19.7. The van der Waals surface area contributed by atoms with Gasteiger partial charge in [-0.1, -0.05) is 19.9 Å². The molecule has 1 aromatic rings. The Balaban J connectivity index is 1.80. The highest BCUT2D eigenvalue weighted by molar-refractivity contribution is 5.93. The monoisotopic (exact) mass is 490 g/mol. The van der Waals surface area contributed by atoms with Crippen LogP contribution in [-0.2, 0) is 20.8 Å². The number of likely N-dealkylation sites (N-methyl/N-ethyl adjacent to an activating group) is 1. The van der Waals surface area contributed by atoms with Gasteiger partial charge >= 0.3 is 0 Å². The topological polar surface area (TPSA) is 99.8 Å². The number of hydrogen-bond acceptors (Lipinski definition) is 5. The molecule has 0 radical (unpaired) electrons.